The number of rotatable bonds is 13. The van der Waals surface area contributed by atoms with Crippen molar-refractivity contribution in [2.75, 3.05) is 27.2 Å². The Balaban J connectivity index is 1.41. The number of hydrogen-bond acceptors (Lipinski definition) is 6. The van der Waals surface area contributed by atoms with E-state index in [0.29, 0.717) is 39.8 Å². The number of ether oxygens (including phenoxy) is 1. The molecule has 0 heterocycles. The lowest BCUT2D eigenvalue weighted by atomic mass is 9.88. The number of halogens is 3. The second kappa shape index (κ2) is 14.2. The van der Waals surface area contributed by atoms with E-state index in [-0.39, 0.29) is 12.1 Å². The van der Waals surface area contributed by atoms with Crippen LogP contribution >= 0.6 is 11.9 Å². The van der Waals surface area contributed by atoms with Crippen LogP contribution in [0.5, 0.6) is 5.75 Å². The van der Waals surface area contributed by atoms with Gasteiger partial charge in [0.1, 0.15) is 5.75 Å². The monoisotopic (exact) mass is 628 g/mol. The van der Waals surface area contributed by atoms with Gasteiger partial charge in [-0.15, -0.1) is 0 Å². The molecule has 0 amide bonds. The molecular formula is C34H39F3N2O4S. The molecule has 0 saturated carbocycles. The Bertz CT molecular complexity index is 1470. The number of likely N-dealkylation sites (N-methyl/N-ethyl adjacent to an activating group) is 1. The fourth-order valence-corrected chi connectivity index (χ4v) is 6.71. The van der Waals surface area contributed by atoms with Crippen molar-refractivity contribution in [1.29, 1.82) is 0 Å². The van der Waals surface area contributed by atoms with Crippen molar-refractivity contribution >= 4 is 24.0 Å². The minimum Gasteiger partial charge on any atom is -0.496 e. The number of carboxylic acid groups (broad SMARTS) is 1. The van der Waals surface area contributed by atoms with E-state index in [2.05, 4.69) is 43.4 Å². The Morgan fingerprint density at radius 2 is 1.77 bits per heavy atom. The predicted octanol–water partition coefficient (Wildman–Crippen LogP) is 6.95. The van der Waals surface area contributed by atoms with Gasteiger partial charge in [-0.1, -0.05) is 30.3 Å². The fraction of sp³-hybridized carbons (Fsp3) is 0.382. The molecule has 0 bridgehead atoms. The van der Waals surface area contributed by atoms with Crippen LogP contribution < -0.4 is 10.1 Å². The molecule has 1 aliphatic rings. The first-order valence-electron chi connectivity index (χ1n) is 14.4. The lowest BCUT2D eigenvalue weighted by Crippen LogP contribution is -2.46. The number of carbonyl (C=O) groups is 1. The molecule has 236 valence electrons. The smallest absolute Gasteiger partial charge is 0.416 e. The average Bonchev–Trinajstić information content (AvgIpc) is 3.35. The lowest BCUT2D eigenvalue weighted by Gasteiger charge is -2.31. The van der Waals surface area contributed by atoms with E-state index < -0.39 is 23.8 Å². The van der Waals surface area contributed by atoms with Gasteiger partial charge in [0.05, 0.1) is 18.8 Å². The number of hydrogen-bond donors (Lipinski definition) is 3. The van der Waals surface area contributed by atoms with E-state index in [0.717, 1.165) is 49.4 Å². The summed E-state index contributed by atoms with van der Waals surface area (Å²) in [7, 11) is 3.17. The zero-order valence-corrected chi connectivity index (χ0v) is 26.1. The van der Waals surface area contributed by atoms with Crippen molar-refractivity contribution in [3.05, 3.63) is 89.0 Å². The highest BCUT2D eigenvalue weighted by Gasteiger charge is 2.32. The highest BCUT2D eigenvalue weighted by Crippen LogP contribution is 2.38. The molecule has 0 unspecified atom stereocenters. The Hall–Kier alpha value is -3.31. The van der Waals surface area contributed by atoms with Crippen LogP contribution in [0.15, 0.2) is 71.6 Å². The highest BCUT2D eigenvalue weighted by molar-refractivity contribution is 7.97. The van der Waals surface area contributed by atoms with Crippen molar-refractivity contribution in [1.82, 2.24) is 9.62 Å². The van der Waals surface area contributed by atoms with Gasteiger partial charge in [0.2, 0.25) is 0 Å². The third-order valence-electron chi connectivity index (χ3n) is 7.68. The molecule has 3 N–H and O–H groups in total. The van der Waals surface area contributed by atoms with Crippen molar-refractivity contribution in [2.45, 2.75) is 55.8 Å². The van der Waals surface area contributed by atoms with Gasteiger partial charge in [0.15, 0.2) is 0 Å². The fourth-order valence-electron chi connectivity index (χ4n) is 5.75. The summed E-state index contributed by atoms with van der Waals surface area (Å²) in [6.45, 7) is 4.85. The van der Waals surface area contributed by atoms with Crippen LogP contribution in [0.1, 0.15) is 42.5 Å². The number of aliphatic hydroxyl groups excluding tert-OH is 1. The molecule has 0 saturated heterocycles. The summed E-state index contributed by atoms with van der Waals surface area (Å²) in [6.07, 6.45) is 0.0501. The van der Waals surface area contributed by atoms with Crippen LogP contribution in [0.25, 0.3) is 17.2 Å². The second-order valence-corrected chi connectivity index (χ2v) is 13.2. The third-order valence-corrected chi connectivity index (χ3v) is 8.59. The summed E-state index contributed by atoms with van der Waals surface area (Å²) < 4.78 is 48.7. The van der Waals surface area contributed by atoms with Gasteiger partial charge in [-0.05, 0) is 117 Å². The summed E-state index contributed by atoms with van der Waals surface area (Å²) in [6, 6.07) is 17.2. The molecule has 0 aromatic heterocycles. The van der Waals surface area contributed by atoms with Gasteiger partial charge < -0.3 is 20.3 Å². The van der Waals surface area contributed by atoms with Gasteiger partial charge in [-0.2, -0.15) is 13.2 Å². The van der Waals surface area contributed by atoms with E-state index in [1.165, 1.54) is 24.3 Å². The predicted molar refractivity (Wildman–Crippen MR) is 169 cm³/mol. The molecule has 44 heavy (non-hydrogen) atoms. The van der Waals surface area contributed by atoms with Crippen LogP contribution in [0.2, 0.25) is 0 Å². The number of benzene rings is 3. The molecular weight excluding hydrogens is 589 g/mol. The zero-order valence-electron chi connectivity index (χ0n) is 25.3. The minimum absolute atomic E-state index is 0.188. The van der Waals surface area contributed by atoms with Crippen LogP contribution in [-0.4, -0.2) is 59.4 Å². The Labute approximate surface area is 261 Å². The number of β-amino-alcohol motifs (C(OH)–C–C–N with tert-alkyl or cyclic N) is 1. The first-order valence-corrected chi connectivity index (χ1v) is 15.2. The second-order valence-electron chi connectivity index (χ2n) is 11.9. The van der Waals surface area contributed by atoms with Crippen LogP contribution in [0.4, 0.5) is 13.2 Å². The molecule has 0 spiro atoms. The average molecular weight is 629 g/mol. The number of alkyl halides is 3. The normalized spacial score (nSPS) is 14.8. The Kier molecular flexibility index (Phi) is 10.8. The van der Waals surface area contributed by atoms with Crippen LogP contribution in [0.3, 0.4) is 0 Å². The van der Waals surface area contributed by atoms with Crippen molar-refractivity contribution < 1.29 is 32.9 Å². The van der Waals surface area contributed by atoms with Crippen LogP contribution in [-0.2, 0) is 23.8 Å². The summed E-state index contributed by atoms with van der Waals surface area (Å²) in [5, 5.41) is 23.3. The molecule has 0 fully saturated rings. The number of fused-ring (bicyclic) bond motifs is 1. The maximum absolute atomic E-state index is 13.9. The summed E-state index contributed by atoms with van der Waals surface area (Å²) in [5.41, 5.74) is 3.05. The van der Waals surface area contributed by atoms with E-state index >= 15 is 0 Å². The molecule has 1 atom stereocenters. The molecule has 0 aliphatic heterocycles. The van der Waals surface area contributed by atoms with E-state index in [4.69, 9.17) is 9.84 Å². The Morgan fingerprint density at radius 1 is 1.09 bits per heavy atom. The molecule has 6 nitrogen and oxygen atoms in total. The topological polar surface area (TPSA) is 82.0 Å². The number of carboxylic acids is 1. The van der Waals surface area contributed by atoms with Gasteiger partial charge in [0, 0.05) is 35.2 Å². The molecule has 10 heteroatoms. The van der Waals surface area contributed by atoms with Gasteiger partial charge in [-0.3, -0.25) is 0 Å². The van der Waals surface area contributed by atoms with Gasteiger partial charge in [0.25, 0.3) is 0 Å². The number of methoxy groups -OCH3 is 1. The van der Waals surface area contributed by atoms with E-state index in [1.54, 1.807) is 35.6 Å². The van der Waals surface area contributed by atoms with Crippen molar-refractivity contribution in [3.8, 4) is 16.9 Å². The molecule has 1 aliphatic carbocycles. The number of aliphatic hydroxyl groups is 1. The van der Waals surface area contributed by atoms with Crippen molar-refractivity contribution in [2.24, 2.45) is 5.92 Å². The highest BCUT2D eigenvalue weighted by atomic mass is 32.2. The first kappa shape index (κ1) is 33.6. The SMILES string of the molecule is COc1ccc(-c2cc(SN(C)C[C@H](O)CNC(C)(C)CC3Cc4ccccc4C3)cc(C(F)(F)F)c2)cc1/C=C/C(=O)O. The van der Waals surface area contributed by atoms with E-state index in [1.807, 2.05) is 0 Å². The maximum Gasteiger partial charge on any atom is 0.416 e. The van der Waals surface area contributed by atoms with Crippen LogP contribution in [0, 0.1) is 5.92 Å². The summed E-state index contributed by atoms with van der Waals surface area (Å²) in [4.78, 5) is 11.4. The first-order chi connectivity index (χ1) is 20.7. The van der Waals surface area contributed by atoms with Crippen molar-refractivity contribution in [3.63, 3.8) is 0 Å². The third kappa shape index (κ3) is 9.34. The largest absolute Gasteiger partial charge is 0.496 e. The maximum atomic E-state index is 13.9. The van der Waals surface area contributed by atoms with Gasteiger partial charge in [-0.25, -0.2) is 9.10 Å². The summed E-state index contributed by atoms with van der Waals surface area (Å²) in [5.74, 6) is -0.221. The molecule has 3 aromatic rings. The number of nitrogens with one attached hydrogen (secondary N) is 1. The molecule has 4 rings (SSSR count). The lowest BCUT2D eigenvalue weighted by molar-refractivity contribution is -0.137. The number of nitrogens with zero attached hydrogens (tertiary/aromatic N) is 1. The minimum atomic E-state index is -4.57. The number of aliphatic carboxylic acids is 1. The summed E-state index contributed by atoms with van der Waals surface area (Å²) >= 11 is 1.12. The Morgan fingerprint density at radius 3 is 2.39 bits per heavy atom. The quantitative estimate of drug-likeness (QED) is 0.140. The zero-order chi connectivity index (χ0) is 32.1. The van der Waals surface area contributed by atoms with Gasteiger partial charge >= 0.3 is 12.1 Å². The standard InChI is InChI=1S/C34H39F3N2O4S/c1-33(2,19-22-13-23-7-5-6-8-24(23)14-22)38-20-29(40)21-39(3)44-30-17-27(16-28(18-30)34(35,36)37)25-9-11-31(43-4)26(15-25)10-12-32(41)42/h5-12,15-18,22,29,38,40H,13-14,19-21H2,1-4H3,(H,41,42)/b12-10+/t29-/m1/s1. The molecule has 0 radical (unpaired) electrons. The molecule has 3 aromatic carbocycles. The van der Waals surface area contributed by atoms with E-state index in [9.17, 15) is 23.1 Å².